The minimum Gasteiger partial charge on any atom is -0.267 e. The van der Waals surface area contributed by atoms with Crippen LogP contribution in [0.1, 0.15) is 20.7 Å². The Morgan fingerprint density at radius 3 is 1.84 bits per heavy atom. The van der Waals surface area contributed by atoms with Crippen molar-refractivity contribution in [3.05, 3.63) is 71.8 Å². The van der Waals surface area contributed by atoms with E-state index < -0.39 is 11.8 Å². The van der Waals surface area contributed by atoms with Gasteiger partial charge in [-0.25, -0.2) is 5.43 Å². The summed E-state index contributed by atoms with van der Waals surface area (Å²) in [4.78, 5) is 23.7. The average molecular weight is 275 g/mol. The van der Waals surface area contributed by atoms with Crippen molar-refractivity contribution in [2.75, 3.05) is 0 Å². The number of benzene rings is 2. The molecule has 0 unspecified atom stereocenters. The fourth-order valence-electron chi connectivity index (χ4n) is 1.49. The Kier molecular flexibility index (Phi) is 4.15. The number of hydrogen-bond donors (Lipinski definition) is 1. The van der Waals surface area contributed by atoms with E-state index in [1.165, 1.54) is 0 Å². The van der Waals surface area contributed by atoms with Crippen LogP contribution in [0.25, 0.3) is 0 Å². The fourth-order valence-corrected chi connectivity index (χ4v) is 1.66. The summed E-state index contributed by atoms with van der Waals surface area (Å²) < 4.78 is 0.657. The summed E-state index contributed by atoms with van der Waals surface area (Å²) >= 11 is 5.76. The molecule has 0 atom stereocenters. The smallest absolute Gasteiger partial charge is 0.267 e. The Labute approximate surface area is 115 Å². The molecule has 0 aliphatic carbocycles. The maximum atomic E-state index is 11.9. The molecule has 2 amide bonds. The molecular weight excluding hydrogens is 264 g/mol. The van der Waals surface area contributed by atoms with Crippen molar-refractivity contribution >= 4 is 23.6 Å². The minimum absolute atomic E-state index is 0.394. The Morgan fingerprint density at radius 2 is 1.32 bits per heavy atom. The molecule has 0 bridgehead atoms. The van der Waals surface area contributed by atoms with Crippen LogP contribution in [0.15, 0.2) is 60.7 Å². The molecule has 0 radical (unpaired) electrons. The molecule has 4 nitrogen and oxygen atoms in total. The molecule has 0 saturated heterocycles. The van der Waals surface area contributed by atoms with Gasteiger partial charge < -0.3 is 0 Å². The van der Waals surface area contributed by atoms with Crippen molar-refractivity contribution in [3.63, 3.8) is 0 Å². The van der Waals surface area contributed by atoms with E-state index in [4.69, 9.17) is 11.8 Å². The number of carbonyl (C=O) groups excluding carboxylic acids is 2. The van der Waals surface area contributed by atoms with Crippen molar-refractivity contribution in [1.82, 2.24) is 9.95 Å². The Bertz CT molecular complexity index is 573. The number of halogens is 1. The van der Waals surface area contributed by atoms with E-state index in [-0.39, 0.29) is 0 Å². The van der Waals surface area contributed by atoms with Crippen LogP contribution in [-0.2, 0) is 0 Å². The van der Waals surface area contributed by atoms with E-state index >= 15 is 0 Å². The van der Waals surface area contributed by atoms with Gasteiger partial charge in [0.15, 0.2) is 0 Å². The number of rotatable bonds is 2. The van der Waals surface area contributed by atoms with Gasteiger partial charge >= 0.3 is 0 Å². The summed E-state index contributed by atoms with van der Waals surface area (Å²) in [5.74, 6) is -0.938. The fraction of sp³-hybridized carbons (Fsp3) is 0. The maximum Gasteiger partial charge on any atom is 0.287 e. The van der Waals surface area contributed by atoms with Crippen molar-refractivity contribution in [1.29, 1.82) is 0 Å². The lowest BCUT2D eigenvalue weighted by atomic mass is 10.2. The van der Waals surface area contributed by atoms with Gasteiger partial charge in [0.1, 0.15) is 0 Å². The summed E-state index contributed by atoms with van der Waals surface area (Å²) in [6.07, 6.45) is 0. The minimum atomic E-state index is -0.494. The molecule has 1 N–H and O–H groups in total. The van der Waals surface area contributed by atoms with Crippen LogP contribution in [0.5, 0.6) is 0 Å². The van der Waals surface area contributed by atoms with Crippen molar-refractivity contribution < 1.29 is 9.59 Å². The normalized spacial score (nSPS) is 9.74. The highest BCUT2D eigenvalue weighted by atomic mass is 35.5. The molecule has 2 aromatic rings. The van der Waals surface area contributed by atoms with E-state index in [1.54, 1.807) is 60.7 Å². The summed E-state index contributed by atoms with van der Waals surface area (Å²) in [5, 5.41) is 0. The third-order valence-corrected chi connectivity index (χ3v) is 2.67. The number of nitrogens with zero attached hydrogens (tertiary/aromatic N) is 1. The second kappa shape index (κ2) is 6.02. The van der Waals surface area contributed by atoms with E-state index in [2.05, 4.69) is 5.43 Å². The van der Waals surface area contributed by atoms with Crippen LogP contribution in [-0.4, -0.2) is 16.3 Å². The summed E-state index contributed by atoms with van der Waals surface area (Å²) in [6.45, 7) is 0. The Hall–Kier alpha value is -2.33. The zero-order valence-electron chi connectivity index (χ0n) is 9.92. The average Bonchev–Trinajstić information content (AvgIpc) is 2.48. The third kappa shape index (κ3) is 3.33. The molecular formula is C14H11ClN2O2. The standard InChI is InChI=1S/C14H11ClN2O2/c15-17(14(19)12-9-5-2-6-10-12)16-13(18)11-7-3-1-4-8-11/h1-10H,(H,16,18). The first-order valence-electron chi connectivity index (χ1n) is 5.60. The Balaban J connectivity index is 2.04. The van der Waals surface area contributed by atoms with Crippen molar-refractivity contribution in [2.45, 2.75) is 0 Å². The molecule has 19 heavy (non-hydrogen) atoms. The maximum absolute atomic E-state index is 11.9. The number of hydrogen-bond acceptors (Lipinski definition) is 2. The topological polar surface area (TPSA) is 49.4 Å². The zero-order valence-corrected chi connectivity index (χ0v) is 10.7. The van der Waals surface area contributed by atoms with Gasteiger partial charge in [0.05, 0.1) is 0 Å². The van der Waals surface area contributed by atoms with Gasteiger partial charge in [-0.3, -0.25) is 9.59 Å². The number of hydrazine groups is 1. The first-order chi connectivity index (χ1) is 9.18. The lowest BCUT2D eigenvalue weighted by Gasteiger charge is -2.14. The van der Waals surface area contributed by atoms with Gasteiger partial charge in [-0.1, -0.05) is 36.4 Å². The first kappa shape index (κ1) is 13.1. The molecule has 0 aliphatic heterocycles. The third-order valence-electron chi connectivity index (χ3n) is 2.43. The highest BCUT2D eigenvalue weighted by molar-refractivity contribution is 6.24. The molecule has 0 aromatic heterocycles. The molecule has 0 fully saturated rings. The van der Waals surface area contributed by atoms with Crippen LogP contribution < -0.4 is 5.43 Å². The zero-order chi connectivity index (χ0) is 13.7. The predicted molar refractivity (Wildman–Crippen MR) is 72.4 cm³/mol. The van der Waals surface area contributed by atoms with Gasteiger partial charge in [0, 0.05) is 22.9 Å². The van der Waals surface area contributed by atoms with Crippen molar-refractivity contribution in [2.24, 2.45) is 0 Å². The molecule has 0 saturated carbocycles. The van der Waals surface area contributed by atoms with Crippen LogP contribution in [0.2, 0.25) is 0 Å². The van der Waals surface area contributed by atoms with Gasteiger partial charge in [0.25, 0.3) is 11.8 Å². The van der Waals surface area contributed by atoms with E-state index in [9.17, 15) is 9.59 Å². The SMILES string of the molecule is O=C(NN(Cl)C(=O)c1ccccc1)c1ccccc1. The van der Waals surface area contributed by atoms with Crippen molar-refractivity contribution in [3.8, 4) is 0 Å². The number of nitrogens with one attached hydrogen (secondary N) is 1. The second-order valence-electron chi connectivity index (χ2n) is 3.76. The van der Waals surface area contributed by atoms with Crippen LogP contribution in [0, 0.1) is 0 Å². The second-order valence-corrected chi connectivity index (χ2v) is 4.10. The van der Waals surface area contributed by atoms with E-state index in [0.717, 1.165) is 0 Å². The van der Waals surface area contributed by atoms with Crippen LogP contribution in [0.4, 0.5) is 0 Å². The quantitative estimate of drug-likeness (QED) is 0.676. The highest BCUT2D eigenvalue weighted by Crippen LogP contribution is 2.06. The highest BCUT2D eigenvalue weighted by Gasteiger charge is 2.16. The summed E-state index contributed by atoms with van der Waals surface area (Å²) in [7, 11) is 0. The summed E-state index contributed by atoms with van der Waals surface area (Å²) in [5.41, 5.74) is 3.12. The number of carbonyl (C=O) groups is 2. The molecule has 0 heterocycles. The first-order valence-corrected chi connectivity index (χ1v) is 5.93. The predicted octanol–water partition coefficient (Wildman–Crippen LogP) is 2.63. The summed E-state index contributed by atoms with van der Waals surface area (Å²) in [6, 6.07) is 17.0. The Morgan fingerprint density at radius 1 is 0.842 bits per heavy atom. The molecule has 0 aliphatic rings. The van der Waals surface area contributed by atoms with E-state index in [0.29, 0.717) is 15.7 Å². The van der Waals surface area contributed by atoms with Gasteiger partial charge in [-0.05, 0) is 24.3 Å². The molecule has 2 aromatic carbocycles. The molecule has 96 valence electrons. The van der Waals surface area contributed by atoms with Crippen LogP contribution in [0.3, 0.4) is 0 Å². The van der Waals surface area contributed by atoms with Gasteiger partial charge in [-0.15, -0.1) is 0 Å². The molecule has 2 rings (SSSR count). The lowest BCUT2D eigenvalue weighted by molar-refractivity contribution is 0.0728. The molecule has 0 spiro atoms. The number of amides is 2. The van der Waals surface area contributed by atoms with Gasteiger partial charge in [0.2, 0.25) is 0 Å². The van der Waals surface area contributed by atoms with Gasteiger partial charge in [-0.2, -0.15) is 4.53 Å². The van der Waals surface area contributed by atoms with E-state index in [1.807, 2.05) is 0 Å². The van der Waals surface area contributed by atoms with Crippen LogP contribution >= 0.6 is 11.8 Å². The largest absolute Gasteiger partial charge is 0.287 e. The lowest BCUT2D eigenvalue weighted by Crippen LogP contribution is -2.39. The monoisotopic (exact) mass is 274 g/mol. The molecule has 5 heteroatoms.